The van der Waals surface area contributed by atoms with E-state index in [4.69, 9.17) is 11.6 Å². The highest BCUT2D eigenvalue weighted by atomic mass is 35.5. The molecule has 1 aromatic rings. The molecule has 1 amide bonds. The van der Waals surface area contributed by atoms with Gasteiger partial charge in [-0.2, -0.15) is 5.10 Å². The largest absolute Gasteiger partial charge is 0.347 e. The van der Waals surface area contributed by atoms with Crippen molar-refractivity contribution < 1.29 is 13.2 Å². The van der Waals surface area contributed by atoms with E-state index in [1.165, 1.54) is 0 Å². The minimum Gasteiger partial charge on any atom is -0.347 e. The summed E-state index contributed by atoms with van der Waals surface area (Å²) in [7, 11) is -3.01. The van der Waals surface area contributed by atoms with Crippen LogP contribution in [0.25, 0.3) is 0 Å². The predicted octanol–water partition coefficient (Wildman–Crippen LogP) is 0.473. The molecule has 1 atom stereocenters. The number of aryl methyl sites for hydroxylation is 1. The van der Waals surface area contributed by atoms with Crippen LogP contribution >= 0.6 is 11.6 Å². The van der Waals surface area contributed by atoms with Gasteiger partial charge in [-0.15, -0.1) is 0 Å². The van der Waals surface area contributed by atoms with Gasteiger partial charge in [-0.3, -0.25) is 9.48 Å². The zero-order valence-electron chi connectivity index (χ0n) is 9.89. The fourth-order valence-electron chi connectivity index (χ4n) is 1.88. The molecular weight excluding hydrogens is 278 g/mol. The zero-order chi connectivity index (χ0) is 13.3. The van der Waals surface area contributed by atoms with Gasteiger partial charge in [-0.25, -0.2) is 8.42 Å². The van der Waals surface area contributed by atoms with Crippen LogP contribution in [-0.2, 0) is 16.4 Å². The van der Waals surface area contributed by atoms with Gasteiger partial charge in [0.1, 0.15) is 0 Å². The number of nitrogens with one attached hydrogen (secondary N) is 1. The van der Waals surface area contributed by atoms with Crippen molar-refractivity contribution in [1.82, 2.24) is 15.1 Å². The Morgan fingerprint density at radius 3 is 2.89 bits per heavy atom. The van der Waals surface area contributed by atoms with Crippen LogP contribution in [0.15, 0.2) is 6.20 Å². The van der Waals surface area contributed by atoms with Gasteiger partial charge in [-0.1, -0.05) is 11.6 Å². The number of aromatic nitrogens is 2. The first kappa shape index (κ1) is 13.4. The Kier molecular flexibility index (Phi) is 3.63. The summed E-state index contributed by atoms with van der Waals surface area (Å²) < 4.78 is 24.1. The Morgan fingerprint density at radius 2 is 2.39 bits per heavy atom. The lowest BCUT2D eigenvalue weighted by Crippen LogP contribution is -2.36. The molecule has 0 saturated carbocycles. The molecule has 0 bridgehead atoms. The number of hydrogen-bond donors (Lipinski definition) is 1. The number of carbonyl (C=O) groups excluding carboxylic acids is 1. The van der Waals surface area contributed by atoms with E-state index in [0.29, 0.717) is 13.0 Å². The second-order valence-electron chi connectivity index (χ2n) is 4.25. The molecule has 6 nitrogen and oxygen atoms in total. The SMILES string of the molecule is CCn1cc(Cl)c(C(=O)N[C@H]2CCS(=O)(=O)C2)n1. The first-order chi connectivity index (χ1) is 8.41. The van der Waals surface area contributed by atoms with E-state index in [2.05, 4.69) is 10.4 Å². The molecule has 0 spiro atoms. The van der Waals surface area contributed by atoms with Gasteiger partial charge in [0.25, 0.3) is 5.91 Å². The highest BCUT2D eigenvalue weighted by Crippen LogP contribution is 2.16. The molecule has 1 N–H and O–H groups in total. The van der Waals surface area contributed by atoms with E-state index in [1.54, 1.807) is 10.9 Å². The molecule has 0 aromatic carbocycles. The van der Waals surface area contributed by atoms with Crippen molar-refractivity contribution in [2.45, 2.75) is 25.9 Å². The number of hydrogen-bond acceptors (Lipinski definition) is 4. The van der Waals surface area contributed by atoms with Crippen LogP contribution in [0, 0.1) is 0 Å². The molecule has 2 heterocycles. The molecule has 0 unspecified atom stereocenters. The monoisotopic (exact) mass is 291 g/mol. The summed E-state index contributed by atoms with van der Waals surface area (Å²) in [4.78, 5) is 11.9. The van der Waals surface area contributed by atoms with Gasteiger partial charge in [0.15, 0.2) is 15.5 Å². The highest BCUT2D eigenvalue weighted by Gasteiger charge is 2.30. The van der Waals surface area contributed by atoms with E-state index < -0.39 is 15.7 Å². The second-order valence-corrected chi connectivity index (χ2v) is 6.89. The summed E-state index contributed by atoms with van der Waals surface area (Å²) in [6, 6.07) is -0.342. The van der Waals surface area contributed by atoms with Crippen LogP contribution in [0.1, 0.15) is 23.8 Å². The first-order valence-electron chi connectivity index (χ1n) is 5.65. The van der Waals surface area contributed by atoms with Crippen molar-refractivity contribution in [3.63, 3.8) is 0 Å². The van der Waals surface area contributed by atoms with Gasteiger partial charge < -0.3 is 5.32 Å². The van der Waals surface area contributed by atoms with Gasteiger partial charge in [0.05, 0.1) is 16.5 Å². The minimum atomic E-state index is -3.01. The molecule has 2 rings (SSSR count). The Bertz CT molecular complexity index is 567. The summed E-state index contributed by atoms with van der Waals surface area (Å²) in [5.41, 5.74) is 0.141. The third kappa shape index (κ3) is 2.84. The molecule has 100 valence electrons. The predicted molar refractivity (Wildman–Crippen MR) is 67.4 cm³/mol. The summed E-state index contributed by atoms with van der Waals surface area (Å²) in [6.45, 7) is 2.50. The number of amides is 1. The number of carbonyl (C=O) groups is 1. The topological polar surface area (TPSA) is 81.1 Å². The Balaban J connectivity index is 2.06. The first-order valence-corrected chi connectivity index (χ1v) is 7.85. The molecular formula is C10H14ClN3O3S. The molecule has 1 aliphatic rings. The number of rotatable bonds is 3. The van der Waals surface area contributed by atoms with Crippen molar-refractivity contribution in [3.8, 4) is 0 Å². The zero-order valence-corrected chi connectivity index (χ0v) is 11.5. The summed E-state index contributed by atoms with van der Waals surface area (Å²) >= 11 is 5.90. The van der Waals surface area contributed by atoms with Crippen molar-refractivity contribution in [2.24, 2.45) is 0 Å². The van der Waals surface area contributed by atoms with E-state index in [9.17, 15) is 13.2 Å². The molecule has 0 aliphatic carbocycles. The summed E-state index contributed by atoms with van der Waals surface area (Å²) in [5, 5.41) is 6.95. The van der Waals surface area contributed by atoms with Crippen LogP contribution < -0.4 is 5.32 Å². The lowest BCUT2D eigenvalue weighted by molar-refractivity contribution is 0.0935. The Morgan fingerprint density at radius 1 is 1.67 bits per heavy atom. The maximum Gasteiger partial charge on any atom is 0.273 e. The molecule has 8 heteroatoms. The van der Waals surface area contributed by atoms with Gasteiger partial charge in [0, 0.05) is 18.8 Å². The van der Waals surface area contributed by atoms with Crippen molar-refractivity contribution >= 4 is 27.3 Å². The van der Waals surface area contributed by atoms with Gasteiger partial charge in [-0.05, 0) is 13.3 Å². The third-order valence-corrected chi connectivity index (χ3v) is 4.87. The fourth-order valence-corrected chi connectivity index (χ4v) is 3.79. The van der Waals surface area contributed by atoms with E-state index in [-0.39, 0.29) is 28.3 Å². The summed E-state index contributed by atoms with van der Waals surface area (Å²) in [5.74, 6) is -0.311. The second kappa shape index (κ2) is 4.89. The lowest BCUT2D eigenvalue weighted by atomic mass is 10.2. The maximum atomic E-state index is 11.9. The van der Waals surface area contributed by atoms with Crippen molar-refractivity contribution in [3.05, 3.63) is 16.9 Å². The van der Waals surface area contributed by atoms with E-state index in [0.717, 1.165) is 0 Å². The molecule has 1 aliphatic heterocycles. The average Bonchev–Trinajstić information content (AvgIpc) is 2.81. The number of sulfone groups is 1. The van der Waals surface area contributed by atoms with Crippen LogP contribution in [0.5, 0.6) is 0 Å². The quantitative estimate of drug-likeness (QED) is 0.878. The normalized spacial score (nSPS) is 22.0. The standard InChI is InChI=1S/C10H14ClN3O3S/c1-2-14-5-8(11)9(13-14)10(15)12-7-3-4-18(16,17)6-7/h5,7H,2-4,6H2,1H3,(H,12,15)/t7-/m0/s1. The van der Waals surface area contributed by atoms with Crippen molar-refractivity contribution in [2.75, 3.05) is 11.5 Å². The van der Waals surface area contributed by atoms with Crippen molar-refractivity contribution in [1.29, 1.82) is 0 Å². The number of nitrogens with zero attached hydrogens (tertiary/aromatic N) is 2. The maximum absolute atomic E-state index is 11.9. The van der Waals surface area contributed by atoms with Crippen LogP contribution in [0.2, 0.25) is 5.02 Å². The summed E-state index contributed by atoms with van der Waals surface area (Å²) in [6.07, 6.45) is 2.02. The van der Waals surface area contributed by atoms with E-state index in [1.807, 2.05) is 6.92 Å². The van der Waals surface area contributed by atoms with Crippen LogP contribution in [0.3, 0.4) is 0 Å². The fraction of sp³-hybridized carbons (Fsp3) is 0.600. The van der Waals surface area contributed by atoms with Gasteiger partial charge in [0.2, 0.25) is 0 Å². The average molecular weight is 292 g/mol. The molecule has 1 saturated heterocycles. The Hall–Kier alpha value is -1.08. The third-order valence-electron chi connectivity index (χ3n) is 2.82. The molecule has 1 fully saturated rings. The molecule has 0 radical (unpaired) electrons. The van der Waals surface area contributed by atoms with Crippen LogP contribution in [0.4, 0.5) is 0 Å². The lowest BCUT2D eigenvalue weighted by Gasteiger charge is -2.09. The highest BCUT2D eigenvalue weighted by molar-refractivity contribution is 7.91. The minimum absolute atomic E-state index is 0.00908. The van der Waals surface area contributed by atoms with Crippen LogP contribution in [-0.4, -0.2) is 41.7 Å². The van der Waals surface area contributed by atoms with E-state index >= 15 is 0 Å². The number of halogens is 1. The molecule has 18 heavy (non-hydrogen) atoms. The smallest absolute Gasteiger partial charge is 0.273 e. The molecule has 1 aromatic heterocycles. The Labute approximate surface area is 110 Å². The van der Waals surface area contributed by atoms with Gasteiger partial charge >= 0.3 is 0 Å².